The highest BCUT2D eigenvalue weighted by Gasteiger charge is 2.54. The predicted octanol–water partition coefficient (Wildman–Crippen LogP) is 4.56. The number of aliphatic hydroxyl groups is 2. The van der Waals surface area contributed by atoms with Crippen LogP contribution in [0.4, 0.5) is 0 Å². The number of hydrogen-bond acceptors (Lipinski definition) is 6. The van der Waals surface area contributed by atoms with Gasteiger partial charge in [-0.05, 0) is 74.8 Å². The fourth-order valence-electron chi connectivity index (χ4n) is 5.81. The van der Waals surface area contributed by atoms with Crippen molar-refractivity contribution in [3.8, 4) is 5.75 Å². The van der Waals surface area contributed by atoms with Crippen molar-refractivity contribution >= 4 is 35.5 Å². The van der Waals surface area contributed by atoms with Crippen LogP contribution in [0.1, 0.15) is 70.8 Å². The summed E-state index contributed by atoms with van der Waals surface area (Å²) >= 11 is 6.24. The van der Waals surface area contributed by atoms with E-state index >= 15 is 0 Å². The van der Waals surface area contributed by atoms with E-state index in [-0.39, 0.29) is 37.1 Å². The maximum Gasteiger partial charge on any atom is 0.303 e. The van der Waals surface area contributed by atoms with Crippen molar-refractivity contribution < 1.29 is 34.8 Å². The summed E-state index contributed by atoms with van der Waals surface area (Å²) < 4.78 is 0. The van der Waals surface area contributed by atoms with Crippen molar-refractivity contribution in [3.05, 3.63) is 45.5 Å². The normalized spacial score (nSPS) is 22.7. The maximum absolute atomic E-state index is 13.3. The molecule has 1 aromatic rings. The highest BCUT2D eigenvalue weighted by atomic mass is 35.5. The second-order valence-electron chi connectivity index (χ2n) is 10.3. The van der Waals surface area contributed by atoms with E-state index in [9.17, 15) is 29.7 Å². The Labute approximate surface area is 228 Å². The average molecular weight is 548 g/mol. The van der Waals surface area contributed by atoms with E-state index in [1.165, 1.54) is 11.0 Å². The molecule has 9 heteroatoms. The summed E-state index contributed by atoms with van der Waals surface area (Å²) in [5, 5.41) is 40.3. The first kappa shape index (κ1) is 29.9. The molecule has 0 spiro atoms. The summed E-state index contributed by atoms with van der Waals surface area (Å²) in [7, 11) is 0. The van der Waals surface area contributed by atoms with Crippen LogP contribution in [0.5, 0.6) is 5.75 Å². The molecule has 0 bridgehead atoms. The van der Waals surface area contributed by atoms with Gasteiger partial charge in [0.25, 0.3) is 0 Å². The average Bonchev–Trinajstić information content (AvgIpc) is 3.10. The molecule has 1 aliphatic heterocycles. The number of fused-ring (bicyclic) bond motifs is 1. The second kappa shape index (κ2) is 13.4. The van der Waals surface area contributed by atoms with Crippen molar-refractivity contribution in [2.75, 3.05) is 13.2 Å². The number of unbranched alkanes of at least 4 members (excludes halogenated alkanes) is 2. The Hall–Kier alpha value is -2.68. The molecule has 2 aliphatic rings. The zero-order valence-corrected chi connectivity index (χ0v) is 22.8. The van der Waals surface area contributed by atoms with Crippen LogP contribution in [0.2, 0.25) is 5.02 Å². The fourth-order valence-corrected chi connectivity index (χ4v) is 6.04. The summed E-state index contributed by atoms with van der Waals surface area (Å²) in [6, 6.07) is 4.78. The number of carboxylic acid groups (broad SMARTS) is 1. The van der Waals surface area contributed by atoms with Gasteiger partial charge >= 0.3 is 5.97 Å². The van der Waals surface area contributed by atoms with Gasteiger partial charge in [0.2, 0.25) is 11.8 Å². The van der Waals surface area contributed by atoms with E-state index in [2.05, 4.69) is 0 Å². The molecular formula is C29H38ClNO7. The molecule has 0 saturated carbocycles. The first-order valence-corrected chi connectivity index (χ1v) is 13.7. The van der Waals surface area contributed by atoms with Gasteiger partial charge in [0.1, 0.15) is 5.75 Å². The SMILES string of the molecule is CC/C(=C\c1ccc(O)cc1Cl)CC[C@@H](O)C1=C(C)C[C@H]2C(=O)N(CCCCCC(=O)O)C(=O)[C@H]2[C@H]1CO. The van der Waals surface area contributed by atoms with Crippen molar-refractivity contribution in [2.24, 2.45) is 17.8 Å². The van der Waals surface area contributed by atoms with E-state index in [0.29, 0.717) is 49.1 Å². The monoisotopic (exact) mass is 547 g/mol. The number of likely N-dealkylation sites (tertiary alicyclic amines) is 1. The molecule has 2 amide bonds. The number of amides is 2. The number of imide groups is 1. The molecule has 38 heavy (non-hydrogen) atoms. The van der Waals surface area contributed by atoms with Crippen LogP contribution in [0.25, 0.3) is 6.08 Å². The molecule has 8 nitrogen and oxygen atoms in total. The van der Waals surface area contributed by atoms with Crippen molar-refractivity contribution in [1.82, 2.24) is 4.90 Å². The van der Waals surface area contributed by atoms with Crippen molar-refractivity contribution in [1.29, 1.82) is 0 Å². The van der Waals surface area contributed by atoms with Gasteiger partial charge in [0.05, 0.1) is 29.6 Å². The number of carbonyl (C=O) groups excluding carboxylic acids is 2. The number of aliphatic hydroxyl groups excluding tert-OH is 2. The minimum atomic E-state index is -0.869. The number of benzene rings is 1. The van der Waals surface area contributed by atoms with Gasteiger partial charge in [-0.25, -0.2) is 0 Å². The quantitative estimate of drug-likeness (QED) is 0.161. The molecule has 1 aliphatic carbocycles. The smallest absolute Gasteiger partial charge is 0.303 e. The topological polar surface area (TPSA) is 135 Å². The minimum absolute atomic E-state index is 0.0566. The van der Waals surface area contributed by atoms with Crippen molar-refractivity contribution in [2.45, 2.75) is 71.3 Å². The lowest BCUT2D eigenvalue weighted by Gasteiger charge is -2.35. The Morgan fingerprint density at radius 3 is 2.55 bits per heavy atom. The largest absolute Gasteiger partial charge is 0.508 e. The zero-order valence-electron chi connectivity index (χ0n) is 22.0. The minimum Gasteiger partial charge on any atom is -0.508 e. The van der Waals surface area contributed by atoms with Crippen LogP contribution in [0.15, 0.2) is 34.9 Å². The lowest BCUT2D eigenvalue weighted by atomic mass is 9.68. The summed E-state index contributed by atoms with van der Waals surface area (Å²) in [6.45, 7) is 3.77. The van der Waals surface area contributed by atoms with Gasteiger partial charge in [-0.15, -0.1) is 0 Å². The van der Waals surface area contributed by atoms with E-state index in [4.69, 9.17) is 16.7 Å². The van der Waals surface area contributed by atoms with E-state index in [1.54, 1.807) is 12.1 Å². The van der Waals surface area contributed by atoms with Gasteiger partial charge in [-0.3, -0.25) is 19.3 Å². The van der Waals surface area contributed by atoms with Crippen LogP contribution in [-0.2, 0) is 14.4 Å². The van der Waals surface area contributed by atoms with Crippen LogP contribution in [0, 0.1) is 17.8 Å². The summed E-state index contributed by atoms with van der Waals surface area (Å²) in [6.07, 6.45) is 4.84. The number of phenols is 1. The fraction of sp³-hybridized carbons (Fsp3) is 0.552. The van der Waals surface area contributed by atoms with Gasteiger partial charge in [-0.1, -0.05) is 42.2 Å². The lowest BCUT2D eigenvalue weighted by molar-refractivity contribution is -0.141. The molecule has 4 atom stereocenters. The van der Waals surface area contributed by atoms with E-state index < -0.39 is 29.8 Å². The highest BCUT2D eigenvalue weighted by molar-refractivity contribution is 6.32. The third kappa shape index (κ3) is 6.84. The molecule has 0 unspecified atom stereocenters. The number of halogens is 1. The predicted molar refractivity (Wildman–Crippen MR) is 144 cm³/mol. The summed E-state index contributed by atoms with van der Waals surface area (Å²) in [4.78, 5) is 38.4. The van der Waals surface area contributed by atoms with Gasteiger partial charge < -0.3 is 20.4 Å². The van der Waals surface area contributed by atoms with E-state index in [0.717, 1.165) is 23.1 Å². The number of hydrogen-bond donors (Lipinski definition) is 4. The van der Waals surface area contributed by atoms with Crippen LogP contribution >= 0.6 is 11.6 Å². The molecule has 0 radical (unpaired) electrons. The van der Waals surface area contributed by atoms with Crippen LogP contribution in [0.3, 0.4) is 0 Å². The van der Waals surface area contributed by atoms with Gasteiger partial charge in [0.15, 0.2) is 0 Å². The number of allylic oxidation sites excluding steroid dienone is 2. The number of nitrogens with zero attached hydrogens (tertiary/aromatic N) is 1. The summed E-state index contributed by atoms with van der Waals surface area (Å²) in [5.74, 6) is -3.21. The number of carbonyl (C=O) groups is 3. The molecule has 1 heterocycles. The molecule has 1 saturated heterocycles. The van der Waals surface area contributed by atoms with Crippen LogP contribution in [-0.4, -0.2) is 62.4 Å². The molecule has 4 N–H and O–H groups in total. The Balaban J connectivity index is 1.69. The summed E-state index contributed by atoms with van der Waals surface area (Å²) in [5.41, 5.74) is 3.32. The molecule has 3 rings (SSSR count). The van der Waals surface area contributed by atoms with Crippen LogP contribution < -0.4 is 0 Å². The molecule has 208 valence electrons. The first-order chi connectivity index (χ1) is 18.1. The number of phenolic OH excluding ortho intramolecular Hbond substituents is 1. The second-order valence-corrected chi connectivity index (χ2v) is 10.7. The Morgan fingerprint density at radius 2 is 1.92 bits per heavy atom. The number of rotatable bonds is 13. The number of aliphatic carboxylic acids is 1. The van der Waals surface area contributed by atoms with Gasteiger partial charge in [0, 0.05) is 18.9 Å². The first-order valence-electron chi connectivity index (χ1n) is 13.3. The highest BCUT2D eigenvalue weighted by Crippen LogP contribution is 2.46. The Kier molecular flexibility index (Phi) is 10.5. The molecular weight excluding hydrogens is 510 g/mol. The third-order valence-electron chi connectivity index (χ3n) is 7.78. The molecule has 0 aromatic heterocycles. The van der Waals surface area contributed by atoms with Gasteiger partial charge in [-0.2, -0.15) is 0 Å². The number of aromatic hydroxyl groups is 1. The number of carboxylic acids is 1. The van der Waals surface area contributed by atoms with E-state index in [1.807, 2.05) is 19.9 Å². The molecule has 1 fully saturated rings. The maximum atomic E-state index is 13.3. The Bertz CT molecular complexity index is 1110. The standard InChI is InChI=1S/C29H38ClNO7/c1-3-18(14-19-9-10-20(33)15-23(19)30)8-11-24(34)26-17(2)13-21-27(22(26)16-32)29(38)31(28(21)37)12-6-4-5-7-25(35)36/h9-10,14-15,21-22,24,27,32-34H,3-8,11-13,16H2,1-2H3,(H,35,36)/b18-14+/t21-,22+,24-,27-/m1/s1. The molecule has 1 aromatic carbocycles. The Morgan fingerprint density at radius 1 is 1.18 bits per heavy atom. The lowest BCUT2D eigenvalue weighted by Crippen LogP contribution is -2.39. The third-order valence-corrected chi connectivity index (χ3v) is 8.11. The van der Waals surface area contributed by atoms with Crippen molar-refractivity contribution in [3.63, 3.8) is 0 Å². The zero-order chi connectivity index (χ0) is 28.0.